The van der Waals surface area contributed by atoms with Gasteiger partial charge in [0, 0.05) is 5.03 Å². The van der Waals surface area contributed by atoms with Gasteiger partial charge < -0.3 is 5.32 Å². The monoisotopic (exact) mass is 279 g/mol. The molecule has 0 saturated heterocycles. The van der Waals surface area contributed by atoms with Crippen molar-refractivity contribution in [1.29, 1.82) is 0 Å². The summed E-state index contributed by atoms with van der Waals surface area (Å²) in [5.41, 5.74) is 0.911. The van der Waals surface area contributed by atoms with Crippen LogP contribution in [-0.2, 0) is 0 Å². The normalized spacial score (nSPS) is 9.77. The lowest BCUT2D eigenvalue weighted by Gasteiger charge is -2.07. The van der Waals surface area contributed by atoms with Crippen LogP contribution in [0.1, 0.15) is 0 Å². The zero-order valence-corrected chi connectivity index (χ0v) is 9.88. The summed E-state index contributed by atoms with van der Waals surface area (Å²) < 4.78 is 0.842. The molecule has 70 valence electrons. The molecule has 0 heterocycles. The molecule has 4 heteroatoms. The molecule has 0 aliphatic rings. The van der Waals surface area contributed by atoms with E-state index in [9.17, 15) is 0 Å². The maximum Gasteiger partial charge on any atom is 0.0593 e. The third-order valence-corrected chi connectivity index (χ3v) is 2.95. The van der Waals surface area contributed by atoms with E-state index < -0.39 is 0 Å². The second kappa shape index (κ2) is 4.89. The van der Waals surface area contributed by atoms with Crippen molar-refractivity contribution in [2.45, 2.75) is 0 Å². The maximum atomic E-state index is 5.89. The molecule has 0 amide bonds. The first-order valence-corrected chi connectivity index (χ1v) is 5.17. The van der Waals surface area contributed by atoms with E-state index in [0.717, 1.165) is 10.2 Å². The van der Waals surface area contributed by atoms with Crippen LogP contribution < -0.4 is 5.32 Å². The number of rotatable bonds is 3. The Kier molecular flexibility index (Phi) is 4.10. The topological polar surface area (TPSA) is 12.0 Å². The van der Waals surface area contributed by atoms with Crippen LogP contribution in [0.2, 0.25) is 5.02 Å². The molecule has 1 aromatic rings. The van der Waals surface area contributed by atoms with Crippen LogP contribution >= 0.6 is 39.1 Å². The summed E-state index contributed by atoms with van der Waals surface area (Å²) in [6.07, 6.45) is 0. The van der Waals surface area contributed by atoms with Gasteiger partial charge in [0.15, 0.2) is 0 Å². The number of halogens is 3. The SMILES string of the molecule is C=C(Cl)CNc1cccc(Cl)c1Br. The Labute approximate surface area is 95.9 Å². The molecule has 0 atom stereocenters. The van der Waals surface area contributed by atoms with E-state index in [2.05, 4.69) is 27.8 Å². The Morgan fingerprint density at radius 1 is 1.54 bits per heavy atom. The van der Waals surface area contributed by atoms with Crippen molar-refractivity contribution in [3.8, 4) is 0 Å². The summed E-state index contributed by atoms with van der Waals surface area (Å²) in [6, 6.07) is 5.59. The van der Waals surface area contributed by atoms with Crippen LogP contribution in [0.25, 0.3) is 0 Å². The first-order chi connectivity index (χ1) is 6.11. The molecular weight excluding hydrogens is 273 g/mol. The second-order valence-corrected chi connectivity index (χ2v) is 4.21. The average molecular weight is 281 g/mol. The van der Waals surface area contributed by atoms with E-state index in [1.54, 1.807) is 0 Å². The quantitative estimate of drug-likeness (QED) is 0.872. The second-order valence-electron chi connectivity index (χ2n) is 2.47. The van der Waals surface area contributed by atoms with Crippen molar-refractivity contribution in [3.63, 3.8) is 0 Å². The molecule has 0 bridgehead atoms. The lowest BCUT2D eigenvalue weighted by Crippen LogP contribution is -2.01. The predicted molar refractivity (Wildman–Crippen MR) is 62.6 cm³/mol. The molecule has 0 fully saturated rings. The molecule has 0 saturated carbocycles. The highest BCUT2D eigenvalue weighted by Crippen LogP contribution is 2.29. The van der Waals surface area contributed by atoms with E-state index in [1.807, 2.05) is 18.2 Å². The highest BCUT2D eigenvalue weighted by Gasteiger charge is 2.02. The van der Waals surface area contributed by atoms with Gasteiger partial charge >= 0.3 is 0 Å². The van der Waals surface area contributed by atoms with Crippen LogP contribution in [-0.4, -0.2) is 6.54 Å². The number of hydrogen-bond donors (Lipinski definition) is 1. The minimum absolute atomic E-state index is 0.528. The van der Waals surface area contributed by atoms with Gasteiger partial charge in [0.1, 0.15) is 0 Å². The molecule has 0 radical (unpaired) electrons. The number of hydrogen-bond acceptors (Lipinski definition) is 1. The average Bonchev–Trinajstić information content (AvgIpc) is 2.07. The van der Waals surface area contributed by atoms with Crippen molar-refractivity contribution >= 4 is 44.8 Å². The summed E-state index contributed by atoms with van der Waals surface area (Å²) >= 11 is 14.9. The van der Waals surface area contributed by atoms with Gasteiger partial charge in [0.2, 0.25) is 0 Å². The van der Waals surface area contributed by atoms with E-state index in [-0.39, 0.29) is 0 Å². The number of benzene rings is 1. The van der Waals surface area contributed by atoms with Gasteiger partial charge in [-0.1, -0.05) is 35.8 Å². The van der Waals surface area contributed by atoms with Gasteiger partial charge in [0.05, 0.1) is 21.7 Å². The highest BCUT2D eigenvalue weighted by molar-refractivity contribution is 9.10. The first-order valence-electron chi connectivity index (χ1n) is 3.62. The van der Waals surface area contributed by atoms with E-state index in [0.29, 0.717) is 16.6 Å². The van der Waals surface area contributed by atoms with Crippen LogP contribution in [0.3, 0.4) is 0 Å². The van der Waals surface area contributed by atoms with Crippen molar-refractivity contribution in [2.24, 2.45) is 0 Å². The zero-order chi connectivity index (χ0) is 9.84. The molecule has 0 aliphatic heterocycles. The third-order valence-electron chi connectivity index (χ3n) is 1.42. The molecule has 13 heavy (non-hydrogen) atoms. The molecule has 0 aromatic heterocycles. The highest BCUT2D eigenvalue weighted by atomic mass is 79.9. The standard InChI is InChI=1S/C9H8BrCl2N/c1-6(11)5-13-8-4-2-3-7(12)9(8)10/h2-4,13H,1,5H2. The van der Waals surface area contributed by atoms with Crippen molar-refractivity contribution in [2.75, 3.05) is 11.9 Å². The molecule has 0 spiro atoms. The summed E-state index contributed by atoms with van der Waals surface area (Å²) in [4.78, 5) is 0. The Balaban J connectivity index is 2.77. The van der Waals surface area contributed by atoms with E-state index in [4.69, 9.17) is 23.2 Å². The fourth-order valence-electron chi connectivity index (χ4n) is 0.831. The molecule has 0 unspecified atom stereocenters. The molecule has 1 aromatic carbocycles. The fourth-order valence-corrected chi connectivity index (χ4v) is 1.48. The van der Waals surface area contributed by atoms with Crippen LogP contribution in [0.4, 0.5) is 5.69 Å². The Morgan fingerprint density at radius 3 is 2.85 bits per heavy atom. The van der Waals surface area contributed by atoms with Gasteiger partial charge in [0.25, 0.3) is 0 Å². The maximum absolute atomic E-state index is 5.89. The van der Waals surface area contributed by atoms with Crippen molar-refractivity contribution < 1.29 is 0 Å². The summed E-state index contributed by atoms with van der Waals surface area (Å²) in [6.45, 7) is 4.11. The van der Waals surface area contributed by atoms with Crippen LogP contribution in [0.5, 0.6) is 0 Å². The summed E-state index contributed by atoms with van der Waals surface area (Å²) in [7, 11) is 0. The minimum Gasteiger partial charge on any atom is -0.379 e. The molecule has 1 nitrogen and oxygen atoms in total. The van der Waals surface area contributed by atoms with Crippen LogP contribution in [0, 0.1) is 0 Å². The zero-order valence-electron chi connectivity index (χ0n) is 6.78. The van der Waals surface area contributed by atoms with Gasteiger partial charge in [-0.05, 0) is 28.1 Å². The Bertz CT molecular complexity index is 325. The number of nitrogens with one attached hydrogen (secondary N) is 1. The third kappa shape index (κ3) is 3.22. The predicted octanol–water partition coefficient (Wildman–Crippen LogP) is 4.27. The van der Waals surface area contributed by atoms with Gasteiger partial charge in [-0.3, -0.25) is 0 Å². The van der Waals surface area contributed by atoms with Crippen molar-refractivity contribution in [3.05, 3.63) is 39.3 Å². The molecule has 1 rings (SSSR count). The summed E-state index contributed by atoms with van der Waals surface area (Å²) in [5.74, 6) is 0. The summed E-state index contributed by atoms with van der Waals surface area (Å²) in [5, 5.41) is 4.32. The van der Waals surface area contributed by atoms with Crippen molar-refractivity contribution in [1.82, 2.24) is 0 Å². The number of anilines is 1. The lowest BCUT2D eigenvalue weighted by atomic mass is 10.3. The Morgan fingerprint density at radius 2 is 2.23 bits per heavy atom. The van der Waals surface area contributed by atoms with Gasteiger partial charge in [-0.25, -0.2) is 0 Å². The molecular formula is C9H8BrCl2N. The lowest BCUT2D eigenvalue weighted by molar-refractivity contribution is 1.31. The fraction of sp³-hybridized carbons (Fsp3) is 0.111. The van der Waals surface area contributed by atoms with Crippen LogP contribution in [0.15, 0.2) is 34.3 Å². The van der Waals surface area contributed by atoms with E-state index >= 15 is 0 Å². The molecule has 0 aliphatic carbocycles. The minimum atomic E-state index is 0.528. The first kappa shape index (κ1) is 10.9. The Hall–Kier alpha value is -0.180. The smallest absolute Gasteiger partial charge is 0.0593 e. The van der Waals surface area contributed by atoms with Gasteiger partial charge in [-0.15, -0.1) is 0 Å². The van der Waals surface area contributed by atoms with E-state index in [1.165, 1.54) is 0 Å². The largest absolute Gasteiger partial charge is 0.379 e. The van der Waals surface area contributed by atoms with Gasteiger partial charge in [-0.2, -0.15) is 0 Å². The molecule has 1 N–H and O–H groups in total.